The largest absolute Gasteiger partial charge is 0.479 e. The van der Waals surface area contributed by atoms with E-state index in [0.717, 1.165) is 22.2 Å². The number of aryl methyl sites for hydroxylation is 1. The average molecular weight is 540 g/mol. The van der Waals surface area contributed by atoms with E-state index in [0.29, 0.717) is 33.9 Å². The number of aliphatic carboxylic acids is 1. The van der Waals surface area contributed by atoms with Crippen LogP contribution >= 0.6 is 11.6 Å². The molecule has 2 heterocycles. The van der Waals surface area contributed by atoms with Crippen LogP contribution in [0.5, 0.6) is 0 Å². The number of carbonyl (C=O) groups excluding carboxylic acids is 2. The van der Waals surface area contributed by atoms with Crippen LogP contribution in [0.25, 0.3) is 22.0 Å². The Morgan fingerprint density at radius 3 is 2.26 bits per heavy atom. The molecule has 38 heavy (non-hydrogen) atoms. The molecule has 0 spiro atoms. The van der Waals surface area contributed by atoms with Gasteiger partial charge in [-0.05, 0) is 76.4 Å². The molecule has 4 rings (SSSR count). The van der Waals surface area contributed by atoms with Crippen molar-refractivity contribution in [1.29, 1.82) is 0 Å². The Bertz CT molecular complexity index is 1450. The molecule has 1 N–H and O–H groups in total. The number of amides is 2. The Hall–Kier alpha value is -3.36. The minimum absolute atomic E-state index is 0.340. The van der Waals surface area contributed by atoms with Gasteiger partial charge >= 0.3 is 17.8 Å². The Balaban J connectivity index is 2.18. The van der Waals surface area contributed by atoms with Gasteiger partial charge < -0.3 is 19.3 Å². The molecule has 0 radical (unpaired) electrons. The lowest BCUT2D eigenvalue weighted by molar-refractivity contribution is -0.160. The monoisotopic (exact) mass is 539 g/mol. The SMILES string of the molecule is Cc1c([C@H](OC(C)(C)C)C(=O)O)c(-c2ccc(Cl)cc2)c2cc(C)n3c2c1N(C(=O)C(=O)N(C)C)[C@@H](C)C3. The summed E-state index contributed by atoms with van der Waals surface area (Å²) in [5.41, 5.74) is 4.01. The van der Waals surface area contributed by atoms with Crippen molar-refractivity contribution < 1.29 is 24.2 Å². The summed E-state index contributed by atoms with van der Waals surface area (Å²) >= 11 is 6.20. The lowest BCUT2D eigenvalue weighted by Crippen LogP contribution is -2.50. The zero-order valence-electron chi connectivity index (χ0n) is 23.0. The van der Waals surface area contributed by atoms with Crippen LogP contribution in [0.1, 0.15) is 50.6 Å². The van der Waals surface area contributed by atoms with Gasteiger partial charge in [-0.2, -0.15) is 0 Å². The number of carbonyl (C=O) groups is 3. The van der Waals surface area contributed by atoms with Crippen LogP contribution in [0.15, 0.2) is 30.3 Å². The molecule has 0 bridgehead atoms. The van der Waals surface area contributed by atoms with Crippen LogP contribution in [0.3, 0.4) is 0 Å². The van der Waals surface area contributed by atoms with Crippen LogP contribution in [0.2, 0.25) is 5.02 Å². The molecule has 2 atom stereocenters. The number of ether oxygens (including phenoxy) is 1. The smallest absolute Gasteiger partial charge is 0.337 e. The van der Waals surface area contributed by atoms with Crippen molar-refractivity contribution in [2.75, 3.05) is 19.0 Å². The molecule has 1 aliphatic rings. The maximum atomic E-state index is 13.6. The summed E-state index contributed by atoms with van der Waals surface area (Å²) < 4.78 is 8.29. The predicted molar refractivity (Wildman–Crippen MR) is 149 cm³/mol. The zero-order chi connectivity index (χ0) is 28.3. The summed E-state index contributed by atoms with van der Waals surface area (Å²) in [6.45, 7) is 11.6. The van der Waals surface area contributed by atoms with Crippen LogP contribution in [0.4, 0.5) is 5.69 Å². The van der Waals surface area contributed by atoms with E-state index < -0.39 is 29.5 Å². The van der Waals surface area contributed by atoms with E-state index in [-0.39, 0.29) is 6.04 Å². The molecule has 0 saturated carbocycles. The van der Waals surface area contributed by atoms with E-state index in [1.54, 1.807) is 39.8 Å². The van der Waals surface area contributed by atoms with E-state index in [1.807, 2.05) is 32.0 Å². The Morgan fingerprint density at radius 1 is 1.13 bits per heavy atom. The first kappa shape index (κ1) is 27.7. The molecule has 9 heteroatoms. The molecule has 1 aliphatic heterocycles. The number of carboxylic acid groups (broad SMARTS) is 1. The predicted octanol–water partition coefficient (Wildman–Crippen LogP) is 5.34. The number of benzene rings is 2. The third-order valence-electron chi connectivity index (χ3n) is 6.85. The topological polar surface area (TPSA) is 92.1 Å². The van der Waals surface area contributed by atoms with Crippen LogP contribution in [-0.4, -0.2) is 58.1 Å². The third-order valence-corrected chi connectivity index (χ3v) is 7.11. The van der Waals surface area contributed by atoms with Gasteiger partial charge in [-0.3, -0.25) is 14.5 Å². The maximum absolute atomic E-state index is 13.6. The summed E-state index contributed by atoms with van der Waals surface area (Å²) in [6.07, 6.45) is -1.33. The highest BCUT2D eigenvalue weighted by molar-refractivity contribution is 6.41. The number of halogens is 1. The molecule has 0 fully saturated rings. The highest BCUT2D eigenvalue weighted by atomic mass is 35.5. The molecule has 0 aliphatic carbocycles. The molecular formula is C29H34ClN3O5. The van der Waals surface area contributed by atoms with Gasteiger partial charge in [0, 0.05) is 42.3 Å². The van der Waals surface area contributed by atoms with E-state index in [1.165, 1.54) is 23.9 Å². The highest BCUT2D eigenvalue weighted by Crippen LogP contribution is 2.48. The van der Waals surface area contributed by atoms with E-state index in [4.69, 9.17) is 16.3 Å². The summed E-state index contributed by atoms with van der Waals surface area (Å²) in [5.74, 6) is -2.46. The molecule has 202 valence electrons. The number of aromatic nitrogens is 1. The van der Waals surface area contributed by atoms with E-state index in [9.17, 15) is 19.5 Å². The maximum Gasteiger partial charge on any atom is 0.337 e. The van der Waals surface area contributed by atoms with Crippen molar-refractivity contribution in [1.82, 2.24) is 9.47 Å². The van der Waals surface area contributed by atoms with E-state index >= 15 is 0 Å². The van der Waals surface area contributed by atoms with Crippen molar-refractivity contribution in [3.05, 3.63) is 52.2 Å². The van der Waals surface area contributed by atoms with Crippen molar-refractivity contribution in [2.45, 2.75) is 65.8 Å². The lowest BCUT2D eigenvalue weighted by Gasteiger charge is -2.38. The standard InChI is InChI=1S/C29H34ClN3O5/c1-15-13-20-22(18-9-11-19(30)12-10-18)21(25(28(36)37)38-29(4,5)6)17(3)23-24(20)32(15)14-16(2)33(23)27(35)26(34)31(7)8/h9-13,16,25H,14H2,1-8H3,(H,36,37)/t16-,25-/m0/s1. The quantitative estimate of drug-likeness (QED) is 0.452. The van der Waals surface area contributed by atoms with Crippen LogP contribution in [-0.2, 0) is 25.7 Å². The normalized spacial score (nSPS) is 16.0. The highest BCUT2D eigenvalue weighted by Gasteiger charge is 2.40. The van der Waals surface area contributed by atoms with Crippen molar-refractivity contribution in [2.24, 2.45) is 0 Å². The van der Waals surface area contributed by atoms with Gasteiger partial charge in [0.1, 0.15) is 0 Å². The second kappa shape index (κ2) is 9.75. The molecule has 2 aromatic carbocycles. The van der Waals surface area contributed by atoms with Gasteiger partial charge in [-0.1, -0.05) is 23.7 Å². The van der Waals surface area contributed by atoms with Gasteiger partial charge in [0.15, 0.2) is 6.10 Å². The number of likely N-dealkylation sites (N-methyl/N-ethyl adjacent to an activating group) is 1. The average Bonchev–Trinajstić information content (AvgIpc) is 3.14. The molecule has 0 saturated heterocycles. The molecule has 0 unspecified atom stereocenters. The number of anilines is 1. The molecule has 3 aromatic rings. The van der Waals surface area contributed by atoms with Gasteiger partial charge in [0.25, 0.3) is 0 Å². The first-order valence-corrected chi connectivity index (χ1v) is 12.9. The summed E-state index contributed by atoms with van der Waals surface area (Å²) in [5, 5.41) is 11.8. The van der Waals surface area contributed by atoms with Crippen molar-refractivity contribution in [3.8, 4) is 11.1 Å². The fourth-order valence-corrected chi connectivity index (χ4v) is 5.42. The Labute approximate surface area is 227 Å². The van der Waals surface area contributed by atoms with Crippen molar-refractivity contribution in [3.63, 3.8) is 0 Å². The van der Waals surface area contributed by atoms with Gasteiger partial charge in [0.05, 0.1) is 22.8 Å². The second-order valence-corrected chi connectivity index (χ2v) is 11.5. The third kappa shape index (κ3) is 4.67. The number of hydrogen-bond acceptors (Lipinski definition) is 4. The minimum Gasteiger partial charge on any atom is -0.479 e. The second-order valence-electron chi connectivity index (χ2n) is 11.1. The van der Waals surface area contributed by atoms with Crippen molar-refractivity contribution >= 4 is 46.0 Å². The number of nitrogens with zero attached hydrogens (tertiary/aromatic N) is 3. The van der Waals surface area contributed by atoms with Crippen LogP contribution < -0.4 is 4.90 Å². The summed E-state index contributed by atoms with van der Waals surface area (Å²) in [6, 6.07) is 8.91. The molecule has 8 nitrogen and oxygen atoms in total. The van der Waals surface area contributed by atoms with Gasteiger partial charge in [-0.15, -0.1) is 0 Å². The van der Waals surface area contributed by atoms with Crippen LogP contribution in [0, 0.1) is 13.8 Å². The molecule has 1 aromatic heterocycles. The van der Waals surface area contributed by atoms with Gasteiger partial charge in [-0.25, -0.2) is 4.79 Å². The zero-order valence-corrected chi connectivity index (χ0v) is 23.8. The minimum atomic E-state index is -1.33. The first-order chi connectivity index (χ1) is 17.6. The fourth-order valence-electron chi connectivity index (χ4n) is 5.29. The fraction of sp³-hybridized carbons (Fsp3) is 0.414. The number of carboxylic acids is 1. The van der Waals surface area contributed by atoms with Gasteiger partial charge in [0.2, 0.25) is 0 Å². The number of hydrogen-bond donors (Lipinski definition) is 1. The Kier molecular flexibility index (Phi) is 7.10. The first-order valence-electron chi connectivity index (χ1n) is 12.5. The lowest BCUT2D eigenvalue weighted by atomic mass is 9.86. The molecule has 2 amide bonds. The Morgan fingerprint density at radius 2 is 1.74 bits per heavy atom. The molecular weight excluding hydrogens is 506 g/mol. The van der Waals surface area contributed by atoms with E-state index in [2.05, 4.69) is 4.57 Å². The summed E-state index contributed by atoms with van der Waals surface area (Å²) in [4.78, 5) is 42.0. The number of rotatable bonds is 4. The summed E-state index contributed by atoms with van der Waals surface area (Å²) in [7, 11) is 3.08.